The van der Waals surface area contributed by atoms with Gasteiger partial charge in [0.2, 0.25) is 0 Å². The summed E-state index contributed by atoms with van der Waals surface area (Å²) >= 11 is 0. The SMILES string of the molecule is N#Cc1ccccc1NC(=O)N1CCCCCC1. The number of hydrogen-bond acceptors (Lipinski definition) is 2. The molecule has 1 saturated heterocycles. The Hall–Kier alpha value is -2.02. The molecule has 0 atom stereocenters. The van der Waals surface area contributed by atoms with Crippen molar-refractivity contribution in [3.8, 4) is 6.07 Å². The maximum atomic E-state index is 12.1. The summed E-state index contributed by atoms with van der Waals surface area (Å²) in [5, 5.41) is 11.8. The van der Waals surface area contributed by atoms with Crippen molar-refractivity contribution in [2.24, 2.45) is 0 Å². The van der Waals surface area contributed by atoms with Crippen molar-refractivity contribution in [1.29, 1.82) is 5.26 Å². The largest absolute Gasteiger partial charge is 0.325 e. The lowest BCUT2D eigenvalue weighted by molar-refractivity contribution is 0.214. The standard InChI is InChI=1S/C14H17N3O/c15-11-12-7-3-4-8-13(12)16-14(18)17-9-5-1-2-6-10-17/h3-4,7-8H,1-2,5-6,9-10H2,(H,16,18). The van der Waals surface area contributed by atoms with Gasteiger partial charge in [-0.15, -0.1) is 0 Å². The lowest BCUT2D eigenvalue weighted by Crippen LogP contribution is -2.35. The smallest absolute Gasteiger partial charge is 0.321 e. The number of nitrogens with one attached hydrogen (secondary N) is 1. The Morgan fingerprint density at radius 2 is 1.83 bits per heavy atom. The van der Waals surface area contributed by atoms with E-state index >= 15 is 0 Å². The van der Waals surface area contributed by atoms with Gasteiger partial charge in [-0.2, -0.15) is 5.26 Å². The van der Waals surface area contributed by atoms with Gasteiger partial charge in [0, 0.05) is 13.1 Å². The quantitative estimate of drug-likeness (QED) is 0.824. The van der Waals surface area contributed by atoms with Crippen LogP contribution < -0.4 is 5.32 Å². The van der Waals surface area contributed by atoms with Crippen LogP contribution in [0.4, 0.5) is 10.5 Å². The minimum Gasteiger partial charge on any atom is -0.325 e. The van der Waals surface area contributed by atoms with Crippen LogP contribution in [0.2, 0.25) is 0 Å². The van der Waals surface area contributed by atoms with E-state index in [4.69, 9.17) is 5.26 Å². The van der Waals surface area contributed by atoms with Crippen LogP contribution in [-0.2, 0) is 0 Å². The van der Waals surface area contributed by atoms with Gasteiger partial charge in [-0.25, -0.2) is 4.79 Å². The number of nitriles is 1. The molecule has 1 aromatic carbocycles. The van der Waals surface area contributed by atoms with Gasteiger partial charge in [0.15, 0.2) is 0 Å². The minimum atomic E-state index is -0.0976. The third-order valence-electron chi connectivity index (χ3n) is 3.18. The van der Waals surface area contributed by atoms with Crippen LogP contribution in [0.25, 0.3) is 0 Å². The van der Waals surface area contributed by atoms with Gasteiger partial charge < -0.3 is 10.2 Å². The highest BCUT2D eigenvalue weighted by molar-refractivity contribution is 5.90. The predicted octanol–water partition coefficient (Wildman–Crippen LogP) is 2.97. The summed E-state index contributed by atoms with van der Waals surface area (Å²) in [6.45, 7) is 1.61. The number of carbonyl (C=O) groups excluding carboxylic acids is 1. The van der Waals surface area contributed by atoms with Crippen molar-refractivity contribution in [3.05, 3.63) is 29.8 Å². The number of para-hydroxylation sites is 1. The summed E-state index contributed by atoms with van der Waals surface area (Å²) in [5.41, 5.74) is 1.09. The highest BCUT2D eigenvalue weighted by Crippen LogP contribution is 2.16. The van der Waals surface area contributed by atoms with Crippen LogP contribution in [0, 0.1) is 11.3 Å². The molecule has 1 aromatic rings. The lowest BCUT2D eigenvalue weighted by Gasteiger charge is -2.21. The van der Waals surface area contributed by atoms with E-state index in [1.807, 2.05) is 11.0 Å². The maximum absolute atomic E-state index is 12.1. The monoisotopic (exact) mass is 243 g/mol. The van der Waals surface area contributed by atoms with Crippen LogP contribution in [0.15, 0.2) is 24.3 Å². The molecule has 18 heavy (non-hydrogen) atoms. The van der Waals surface area contributed by atoms with E-state index < -0.39 is 0 Å². The summed E-state index contributed by atoms with van der Waals surface area (Å²) in [7, 11) is 0. The van der Waals surface area contributed by atoms with Gasteiger partial charge in [0.1, 0.15) is 6.07 Å². The molecule has 0 saturated carbocycles. The van der Waals surface area contributed by atoms with Crippen molar-refractivity contribution in [2.45, 2.75) is 25.7 Å². The third kappa shape index (κ3) is 3.01. The van der Waals surface area contributed by atoms with Crippen LogP contribution in [-0.4, -0.2) is 24.0 Å². The second-order valence-corrected chi connectivity index (χ2v) is 4.49. The Bertz CT molecular complexity index is 456. The maximum Gasteiger partial charge on any atom is 0.321 e. The molecule has 0 unspecified atom stereocenters. The van der Waals surface area contributed by atoms with Crippen molar-refractivity contribution in [1.82, 2.24) is 4.90 Å². The fourth-order valence-corrected chi connectivity index (χ4v) is 2.16. The van der Waals surface area contributed by atoms with Crippen molar-refractivity contribution >= 4 is 11.7 Å². The molecular formula is C14H17N3O. The fraction of sp³-hybridized carbons (Fsp3) is 0.429. The summed E-state index contributed by atoms with van der Waals surface area (Å²) < 4.78 is 0. The average molecular weight is 243 g/mol. The number of likely N-dealkylation sites (tertiary alicyclic amines) is 1. The molecule has 2 amide bonds. The summed E-state index contributed by atoms with van der Waals surface area (Å²) in [5.74, 6) is 0. The zero-order valence-electron chi connectivity index (χ0n) is 10.4. The molecule has 1 heterocycles. The van der Waals surface area contributed by atoms with E-state index in [0.29, 0.717) is 11.3 Å². The molecule has 0 aliphatic carbocycles. The highest BCUT2D eigenvalue weighted by atomic mass is 16.2. The van der Waals surface area contributed by atoms with Crippen molar-refractivity contribution in [2.75, 3.05) is 18.4 Å². The molecule has 0 radical (unpaired) electrons. The van der Waals surface area contributed by atoms with Crippen LogP contribution in [0.3, 0.4) is 0 Å². The summed E-state index contributed by atoms with van der Waals surface area (Å²) in [4.78, 5) is 13.9. The predicted molar refractivity (Wildman–Crippen MR) is 70.2 cm³/mol. The number of benzene rings is 1. The normalized spacial score (nSPS) is 15.6. The number of amides is 2. The van der Waals surface area contributed by atoms with Crippen molar-refractivity contribution in [3.63, 3.8) is 0 Å². The second-order valence-electron chi connectivity index (χ2n) is 4.49. The number of hydrogen-bond donors (Lipinski definition) is 1. The Kier molecular flexibility index (Phi) is 4.19. The van der Waals surface area contributed by atoms with E-state index in [0.717, 1.165) is 25.9 Å². The number of anilines is 1. The molecule has 2 rings (SSSR count). The summed E-state index contributed by atoms with van der Waals surface area (Å²) in [6, 6.07) is 9.06. The Morgan fingerprint density at radius 1 is 1.17 bits per heavy atom. The van der Waals surface area contributed by atoms with E-state index in [-0.39, 0.29) is 6.03 Å². The zero-order chi connectivity index (χ0) is 12.8. The molecule has 1 N–H and O–H groups in total. The van der Waals surface area contributed by atoms with Gasteiger partial charge in [-0.05, 0) is 25.0 Å². The van der Waals surface area contributed by atoms with E-state index in [2.05, 4.69) is 11.4 Å². The molecule has 4 heteroatoms. The van der Waals surface area contributed by atoms with Crippen LogP contribution in [0.5, 0.6) is 0 Å². The van der Waals surface area contributed by atoms with Crippen LogP contribution >= 0.6 is 0 Å². The molecule has 0 aromatic heterocycles. The summed E-state index contributed by atoms with van der Waals surface area (Å²) in [6.07, 6.45) is 4.51. The number of rotatable bonds is 1. The first-order valence-corrected chi connectivity index (χ1v) is 6.36. The first-order chi connectivity index (χ1) is 8.81. The molecule has 94 valence electrons. The number of urea groups is 1. The molecule has 0 bridgehead atoms. The zero-order valence-corrected chi connectivity index (χ0v) is 10.4. The molecule has 1 aliphatic rings. The van der Waals surface area contributed by atoms with Gasteiger partial charge in [0.05, 0.1) is 11.3 Å². The van der Waals surface area contributed by atoms with E-state index in [9.17, 15) is 4.79 Å². The average Bonchev–Trinajstić information content (AvgIpc) is 2.68. The minimum absolute atomic E-state index is 0.0976. The van der Waals surface area contributed by atoms with Crippen molar-refractivity contribution < 1.29 is 4.79 Å². The molecule has 0 spiro atoms. The van der Waals surface area contributed by atoms with Gasteiger partial charge in [-0.1, -0.05) is 25.0 Å². The molecule has 4 nitrogen and oxygen atoms in total. The first kappa shape index (κ1) is 12.4. The van der Waals surface area contributed by atoms with Gasteiger partial charge in [0.25, 0.3) is 0 Å². The fourth-order valence-electron chi connectivity index (χ4n) is 2.16. The molecule has 1 fully saturated rings. The Morgan fingerprint density at radius 3 is 2.50 bits per heavy atom. The van der Waals surface area contributed by atoms with E-state index in [1.165, 1.54) is 12.8 Å². The van der Waals surface area contributed by atoms with E-state index in [1.54, 1.807) is 18.2 Å². The first-order valence-electron chi connectivity index (χ1n) is 6.36. The van der Waals surface area contributed by atoms with Crippen LogP contribution in [0.1, 0.15) is 31.2 Å². The lowest BCUT2D eigenvalue weighted by atomic mass is 10.2. The van der Waals surface area contributed by atoms with Gasteiger partial charge >= 0.3 is 6.03 Å². The third-order valence-corrected chi connectivity index (χ3v) is 3.18. The van der Waals surface area contributed by atoms with Gasteiger partial charge in [-0.3, -0.25) is 0 Å². The topological polar surface area (TPSA) is 56.1 Å². The number of nitrogens with zero attached hydrogens (tertiary/aromatic N) is 2. The molecular weight excluding hydrogens is 226 g/mol. The molecule has 1 aliphatic heterocycles. The number of carbonyl (C=O) groups is 1. The second kappa shape index (κ2) is 6.06. The Labute approximate surface area is 107 Å². The Balaban J connectivity index is 2.04. The highest BCUT2D eigenvalue weighted by Gasteiger charge is 2.16.